The van der Waals surface area contributed by atoms with Crippen LogP contribution in [0.2, 0.25) is 0 Å². The van der Waals surface area contributed by atoms with Gasteiger partial charge in [0.2, 0.25) is 0 Å². The second-order valence-electron chi connectivity index (χ2n) is 8.52. The average Bonchev–Trinajstić information content (AvgIpc) is 3.14. The van der Waals surface area contributed by atoms with Crippen LogP contribution in [0.1, 0.15) is 43.5 Å². The van der Waals surface area contributed by atoms with Crippen LogP contribution >= 0.6 is 0 Å². The van der Waals surface area contributed by atoms with E-state index in [0.29, 0.717) is 6.04 Å². The highest BCUT2D eigenvalue weighted by Gasteiger charge is 2.21. The predicted octanol–water partition coefficient (Wildman–Crippen LogP) is 4.82. The summed E-state index contributed by atoms with van der Waals surface area (Å²) in [5.74, 6) is 1.09. The van der Waals surface area contributed by atoms with Crippen LogP contribution < -0.4 is 15.5 Å². The van der Waals surface area contributed by atoms with Gasteiger partial charge in [-0.3, -0.25) is 0 Å². The third-order valence-corrected chi connectivity index (χ3v) is 6.43. The van der Waals surface area contributed by atoms with Gasteiger partial charge in [-0.1, -0.05) is 37.5 Å². The maximum atomic E-state index is 12.5. The van der Waals surface area contributed by atoms with Gasteiger partial charge < -0.3 is 20.1 Å². The molecular formula is C24H29N5O. The molecule has 1 saturated carbocycles. The number of hydrogen-bond acceptors (Lipinski definition) is 3. The van der Waals surface area contributed by atoms with Crippen molar-refractivity contribution < 1.29 is 4.79 Å². The number of hydrogen-bond donors (Lipinski definition) is 2. The first-order valence-electron chi connectivity index (χ1n) is 11.0. The zero-order valence-electron chi connectivity index (χ0n) is 17.5. The van der Waals surface area contributed by atoms with Crippen molar-refractivity contribution in [3.05, 3.63) is 53.9 Å². The van der Waals surface area contributed by atoms with Crippen molar-refractivity contribution in [3.8, 4) is 0 Å². The SMILES string of the molecule is Cc1ccc(N2CCn3c(nc4ccccc43)C2)cc1NC(=O)NC1CCCCC1. The number of nitrogens with one attached hydrogen (secondary N) is 2. The normalized spacial score (nSPS) is 17.0. The van der Waals surface area contributed by atoms with Gasteiger partial charge in [0.05, 0.1) is 17.6 Å². The highest BCUT2D eigenvalue weighted by atomic mass is 16.2. The van der Waals surface area contributed by atoms with Crippen LogP contribution in [0.3, 0.4) is 0 Å². The number of carbonyl (C=O) groups is 1. The summed E-state index contributed by atoms with van der Waals surface area (Å²) in [6.45, 7) is 4.64. The van der Waals surface area contributed by atoms with E-state index < -0.39 is 0 Å². The van der Waals surface area contributed by atoms with E-state index in [-0.39, 0.29) is 6.03 Å². The summed E-state index contributed by atoms with van der Waals surface area (Å²) < 4.78 is 2.32. The molecule has 2 amide bonds. The lowest BCUT2D eigenvalue weighted by atomic mass is 9.96. The van der Waals surface area contributed by atoms with Crippen molar-refractivity contribution in [2.45, 2.75) is 58.2 Å². The Morgan fingerprint density at radius 1 is 1.07 bits per heavy atom. The van der Waals surface area contributed by atoms with E-state index in [2.05, 4.69) is 56.5 Å². The molecule has 30 heavy (non-hydrogen) atoms. The largest absolute Gasteiger partial charge is 0.362 e. The highest BCUT2D eigenvalue weighted by molar-refractivity contribution is 5.91. The van der Waals surface area contributed by atoms with E-state index in [1.807, 2.05) is 13.0 Å². The van der Waals surface area contributed by atoms with Crippen LogP contribution in [0.4, 0.5) is 16.2 Å². The lowest BCUT2D eigenvalue weighted by molar-refractivity contribution is 0.244. The number of benzene rings is 2. The predicted molar refractivity (Wildman–Crippen MR) is 121 cm³/mol. The molecule has 2 aliphatic rings. The van der Waals surface area contributed by atoms with E-state index in [1.165, 1.54) is 24.8 Å². The van der Waals surface area contributed by atoms with Gasteiger partial charge >= 0.3 is 6.03 Å². The Morgan fingerprint density at radius 3 is 2.77 bits per heavy atom. The van der Waals surface area contributed by atoms with Crippen molar-refractivity contribution in [2.24, 2.45) is 0 Å². The molecule has 0 radical (unpaired) electrons. The summed E-state index contributed by atoms with van der Waals surface area (Å²) in [4.78, 5) is 19.7. The lowest BCUT2D eigenvalue weighted by Crippen LogP contribution is -2.39. The number of fused-ring (bicyclic) bond motifs is 3. The number of imidazole rings is 1. The summed E-state index contributed by atoms with van der Waals surface area (Å²) in [5.41, 5.74) is 5.33. The summed E-state index contributed by atoms with van der Waals surface area (Å²) in [6.07, 6.45) is 5.87. The minimum absolute atomic E-state index is 0.0948. The van der Waals surface area contributed by atoms with Gasteiger partial charge in [0.25, 0.3) is 0 Å². The molecule has 6 nitrogen and oxygen atoms in total. The molecule has 0 saturated heterocycles. The van der Waals surface area contributed by atoms with Crippen molar-refractivity contribution in [1.82, 2.24) is 14.9 Å². The number of amides is 2. The van der Waals surface area contributed by atoms with Gasteiger partial charge in [-0.2, -0.15) is 0 Å². The van der Waals surface area contributed by atoms with Gasteiger partial charge in [-0.15, -0.1) is 0 Å². The third kappa shape index (κ3) is 3.74. The lowest BCUT2D eigenvalue weighted by Gasteiger charge is -2.30. The summed E-state index contributed by atoms with van der Waals surface area (Å²) in [5, 5.41) is 6.22. The molecule has 156 valence electrons. The van der Waals surface area contributed by atoms with Crippen LogP contribution in [0.5, 0.6) is 0 Å². The van der Waals surface area contributed by atoms with E-state index in [1.54, 1.807) is 0 Å². The van der Waals surface area contributed by atoms with Crippen molar-refractivity contribution in [1.29, 1.82) is 0 Å². The molecule has 0 atom stereocenters. The fraction of sp³-hybridized carbons (Fsp3) is 0.417. The Labute approximate surface area is 177 Å². The Bertz CT molecular complexity index is 1070. The second kappa shape index (κ2) is 8.01. The number of carbonyl (C=O) groups excluding carboxylic acids is 1. The van der Waals surface area contributed by atoms with Gasteiger partial charge in [0.15, 0.2) is 0 Å². The molecule has 0 bridgehead atoms. The van der Waals surface area contributed by atoms with Gasteiger partial charge in [0, 0.05) is 30.5 Å². The van der Waals surface area contributed by atoms with Crippen LogP contribution in [-0.4, -0.2) is 28.2 Å². The number of rotatable bonds is 3. The summed E-state index contributed by atoms with van der Waals surface area (Å²) in [6, 6.07) is 14.8. The van der Waals surface area contributed by atoms with Crippen LogP contribution in [0.15, 0.2) is 42.5 Å². The molecule has 0 unspecified atom stereocenters. The fourth-order valence-corrected chi connectivity index (χ4v) is 4.72. The molecule has 5 rings (SSSR count). The first-order valence-corrected chi connectivity index (χ1v) is 11.0. The average molecular weight is 404 g/mol. The summed E-state index contributed by atoms with van der Waals surface area (Å²) >= 11 is 0. The van der Waals surface area contributed by atoms with Crippen LogP contribution in [-0.2, 0) is 13.1 Å². The molecular weight excluding hydrogens is 374 g/mol. The topological polar surface area (TPSA) is 62.2 Å². The quantitative estimate of drug-likeness (QED) is 0.659. The minimum atomic E-state index is -0.0948. The zero-order chi connectivity index (χ0) is 20.5. The number of aromatic nitrogens is 2. The molecule has 1 fully saturated rings. The van der Waals surface area contributed by atoms with Crippen molar-refractivity contribution >= 4 is 28.4 Å². The Balaban J connectivity index is 1.31. The number of nitrogens with zero attached hydrogens (tertiary/aromatic N) is 3. The van der Waals surface area contributed by atoms with Crippen LogP contribution in [0.25, 0.3) is 11.0 Å². The Hall–Kier alpha value is -3.02. The smallest absolute Gasteiger partial charge is 0.319 e. The molecule has 0 spiro atoms. The van der Waals surface area contributed by atoms with Gasteiger partial charge in [-0.25, -0.2) is 9.78 Å². The molecule has 2 aromatic carbocycles. The molecule has 1 aliphatic heterocycles. The Kier molecular flexibility index (Phi) is 5.07. The first kappa shape index (κ1) is 19.0. The molecule has 6 heteroatoms. The van der Waals surface area contributed by atoms with E-state index in [0.717, 1.165) is 60.8 Å². The Morgan fingerprint density at radius 2 is 1.90 bits per heavy atom. The monoisotopic (exact) mass is 403 g/mol. The number of para-hydroxylation sites is 2. The highest BCUT2D eigenvalue weighted by Crippen LogP contribution is 2.28. The maximum absolute atomic E-state index is 12.5. The number of anilines is 2. The van der Waals surface area contributed by atoms with Crippen molar-refractivity contribution in [3.63, 3.8) is 0 Å². The third-order valence-electron chi connectivity index (χ3n) is 6.43. The van der Waals surface area contributed by atoms with E-state index in [9.17, 15) is 4.79 Å². The fourth-order valence-electron chi connectivity index (χ4n) is 4.72. The van der Waals surface area contributed by atoms with Crippen molar-refractivity contribution in [2.75, 3.05) is 16.8 Å². The number of aryl methyl sites for hydroxylation is 1. The first-order chi connectivity index (χ1) is 14.7. The minimum Gasteiger partial charge on any atom is -0.362 e. The zero-order valence-corrected chi connectivity index (χ0v) is 17.5. The molecule has 3 aromatic rings. The maximum Gasteiger partial charge on any atom is 0.319 e. The second-order valence-corrected chi connectivity index (χ2v) is 8.52. The van der Waals surface area contributed by atoms with Gasteiger partial charge in [-0.05, 0) is 49.6 Å². The molecule has 1 aromatic heterocycles. The molecule has 1 aliphatic carbocycles. The number of urea groups is 1. The van der Waals surface area contributed by atoms with E-state index >= 15 is 0 Å². The standard InChI is InChI=1S/C24H29N5O/c1-17-11-12-19(15-21(17)27-24(30)25-18-7-3-2-4-8-18)28-13-14-29-22-10-6-5-9-20(22)26-23(29)16-28/h5-6,9-12,15,18H,2-4,7-8,13-14,16H2,1H3,(H2,25,27,30). The summed E-state index contributed by atoms with van der Waals surface area (Å²) in [7, 11) is 0. The molecule has 2 N–H and O–H groups in total. The van der Waals surface area contributed by atoms with Gasteiger partial charge in [0.1, 0.15) is 5.82 Å². The molecule has 2 heterocycles. The van der Waals surface area contributed by atoms with Crippen LogP contribution in [0, 0.1) is 6.92 Å². The van der Waals surface area contributed by atoms with E-state index in [4.69, 9.17) is 4.98 Å².